The first kappa shape index (κ1) is 19.1. The molecule has 4 rings (SSSR count). The number of nitrogens with one attached hydrogen (secondary N) is 1. The minimum Gasteiger partial charge on any atom is -0.298 e. The van der Waals surface area contributed by atoms with Crippen LogP contribution in [0.25, 0.3) is 11.3 Å². The maximum atomic E-state index is 12.6. The van der Waals surface area contributed by atoms with Gasteiger partial charge in [0.1, 0.15) is 0 Å². The van der Waals surface area contributed by atoms with Crippen molar-refractivity contribution in [3.8, 4) is 11.3 Å². The third-order valence-electron chi connectivity index (χ3n) is 4.73. The summed E-state index contributed by atoms with van der Waals surface area (Å²) in [7, 11) is -3.44. The summed E-state index contributed by atoms with van der Waals surface area (Å²) in [5, 5.41) is 5.21. The molecule has 1 aliphatic rings. The van der Waals surface area contributed by atoms with Crippen molar-refractivity contribution in [2.75, 3.05) is 11.6 Å². The van der Waals surface area contributed by atoms with Gasteiger partial charge in [0.2, 0.25) is 0 Å². The SMILES string of the molecule is CS(=O)(=O)c1ccc(Cl)c(C(=O)Nc2nc(-c3ccc4c(c3)CCC4)cs2)c1. The fourth-order valence-corrected chi connectivity index (χ4v) is 4.83. The average Bonchev–Trinajstić information content (AvgIpc) is 3.29. The Morgan fingerprint density at radius 3 is 2.71 bits per heavy atom. The fourth-order valence-electron chi connectivity index (χ4n) is 3.27. The molecule has 0 aliphatic heterocycles. The summed E-state index contributed by atoms with van der Waals surface area (Å²) in [6.07, 6.45) is 4.49. The first-order valence-electron chi connectivity index (χ1n) is 8.70. The highest BCUT2D eigenvalue weighted by molar-refractivity contribution is 7.90. The van der Waals surface area contributed by atoms with Crippen LogP contribution < -0.4 is 5.32 Å². The number of benzene rings is 2. The highest BCUT2D eigenvalue weighted by Gasteiger charge is 2.18. The van der Waals surface area contributed by atoms with Crippen LogP contribution in [0.5, 0.6) is 0 Å². The maximum Gasteiger partial charge on any atom is 0.259 e. The van der Waals surface area contributed by atoms with Gasteiger partial charge in [-0.15, -0.1) is 11.3 Å². The Balaban J connectivity index is 1.57. The Hall–Kier alpha value is -2.22. The van der Waals surface area contributed by atoms with Crippen LogP contribution in [0.15, 0.2) is 46.7 Å². The third kappa shape index (κ3) is 3.83. The summed E-state index contributed by atoms with van der Waals surface area (Å²) >= 11 is 7.40. The highest BCUT2D eigenvalue weighted by Crippen LogP contribution is 2.30. The molecule has 3 aromatic rings. The molecule has 0 saturated heterocycles. The van der Waals surface area contributed by atoms with Gasteiger partial charge in [0.25, 0.3) is 5.91 Å². The zero-order valence-electron chi connectivity index (χ0n) is 15.0. The lowest BCUT2D eigenvalue weighted by atomic mass is 10.1. The minimum absolute atomic E-state index is 0.0417. The molecule has 1 amide bonds. The highest BCUT2D eigenvalue weighted by atomic mass is 35.5. The molecule has 28 heavy (non-hydrogen) atoms. The van der Waals surface area contributed by atoms with Crippen LogP contribution in [0, 0.1) is 0 Å². The number of aromatic nitrogens is 1. The van der Waals surface area contributed by atoms with Gasteiger partial charge in [-0.2, -0.15) is 0 Å². The van der Waals surface area contributed by atoms with Crippen molar-refractivity contribution >= 4 is 43.8 Å². The topological polar surface area (TPSA) is 76.1 Å². The Labute approximate surface area is 172 Å². The fraction of sp³-hybridized carbons (Fsp3) is 0.200. The van der Waals surface area contributed by atoms with Gasteiger partial charge in [-0.1, -0.05) is 23.7 Å². The maximum absolute atomic E-state index is 12.6. The van der Waals surface area contributed by atoms with Gasteiger partial charge in [0, 0.05) is 17.2 Å². The molecule has 1 aliphatic carbocycles. The number of anilines is 1. The molecule has 1 aromatic heterocycles. The minimum atomic E-state index is -3.44. The van der Waals surface area contributed by atoms with Crippen molar-refractivity contribution in [3.05, 3.63) is 63.5 Å². The molecule has 0 unspecified atom stereocenters. The van der Waals surface area contributed by atoms with E-state index >= 15 is 0 Å². The quantitative estimate of drug-likeness (QED) is 0.653. The molecule has 144 valence electrons. The summed E-state index contributed by atoms with van der Waals surface area (Å²) in [5.41, 5.74) is 4.67. The Bertz CT molecular complexity index is 1190. The number of thiazole rings is 1. The van der Waals surface area contributed by atoms with E-state index in [0.717, 1.165) is 30.4 Å². The predicted octanol–water partition coefficient (Wildman–Crippen LogP) is 4.61. The second kappa shape index (κ2) is 7.31. The number of rotatable bonds is 4. The summed E-state index contributed by atoms with van der Waals surface area (Å²) in [5.74, 6) is -0.495. The largest absolute Gasteiger partial charge is 0.298 e. The van der Waals surface area contributed by atoms with Crippen LogP contribution >= 0.6 is 22.9 Å². The van der Waals surface area contributed by atoms with Gasteiger partial charge >= 0.3 is 0 Å². The second-order valence-electron chi connectivity index (χ2n) is 6.74. The number of hydrogen-bond acceptors (Lipinski definition) is 5. The number of sulfone groups is 1. The van der Waals surface area contributed by atoms with Crippen molar-refractivity contribution in [1.29, 1.82) is 0 Å². The van der Waals surface area contributed by atoms with E-state index in [9.17, 15) is 13.2 Å². The summed E-state index contributed by atoms with van der Waals surface area (Å²) in [6.45, 7) is 0. The summed E-state index contributed by atoms with van der Waals surface area (Å²) < 4.78 is 23.5. The molecule has 8 heteroatoms. The van der Waals surface area contributed by atoms with Crippen LogP contribution in [0.1, 0.15) is 27.9 Å². The standard InChI is InChI=1S/C20H17ClN2O3S2/c1-28(25,26)15-7-8-17(21)16(10-15)19(24)23-20-22-18(11-27-20)14-6-5-12-3-2-4-13(12)9-14/h5-11H,2-4H2,1H3,(H,22,23,24). The van der Waals surface area contributed by atoms with Crippen LogP contribution in [0.2, 0.25) is 5.02 Å². The zero-order valence-corrected chi connectivity index (χ0v) is 17.4. The molecule has 0 radical (unpaired) electrons. The number of amides is 1. The zero-order chi connectivity index (χ0) is 19.9. The normalized spacial score (nSPS) is 13.4. The van der Waals surface area contributed by atoms with Gasteiger partial charge in [-0.3, -0.25) is 10.1 Å². The summed E-state index contributed by atoms with van der Waals surface area (Å²) in [4.78, 5) is 17.1. The van der Waals surface area contributed by atoms with Gasteiger partial charge < -0.3 is 0 Å². The molecule has 0 atom stereocenters. The van der Waals surface area contributed by atoms with Crippen molar-refractivity contribution in [2.45, 2.75) is 24.2 Å². The van der Waals surface area contributed by atoms with Gasteiger partial charge in [0.05, 0.1) is 21.2 Å². The summed E-state index contributed by atoms with van der Waals surface area (Å²) in [6, 6.07) is 10.4. The second-order valence-corrected chi connectivity index (χ2v) is 10.0. The molecule has 1 heterocycles. The van der Waals surface area contributed by atoms with Crippen LogP contribution in [0.4, 0.5) is 5.13 Å². The van der Waals surface area contributed by atoms with Crippen molar-refractivity contribution in [1.82, 2.24) is 4.98 Å². The predicted molar refractivity (Wildman–Crippen MR) is 112 cm³/mol. The third-order valence-corrected chi connectivity index (χ3v) is 6.93. The molecule has 0 spiro atoms. The number of aryl methyl sites for hydroxylation is 2. The average molecular weight is 433 g/mol. The lowest BCUT2D eigenvalue weighted by Gasteiger charge is -2.06. The molecule has 5 nitrogen and oxygen atoms in total. The van der Waals surface area contributed by atoms with Crippen molar-refractivity contribution in [2.24, 2.45) is 0 Å². The molecule has 0 bridgehead atoms. The first-order chi connectivity index (χ1) is 13.3. The first-order valence-corrected chi connectivity index (χ1v) is 11.8. The van der Waals surface area contributed by atoms with E-state index in [1.165, 1.54) is 47.1 Å². The number of carbonyl (C=O) groups is 1. The molecule has 0 fully saturated rings. The van der Waals surface area contributed by atoms with Crippen molar-refractivity contribution < 1.29 is 13.2 Å². The lowest BCUT2D eigenvalue weighted by Crippen LogP contribution is -2.13. The van der Waals surface area contributed by atoms with E-state index in [4.69, 9.17) is 11.6 Å². The number of nitrogens with zero attached hydrogens (tertiary/aromatic N) is 1. The van der Waals surface area contributed by atoms with E-state index in [1.54, 1.807) is 0 Å². The van der Waals surface area contributed by atoms with Gasteiger partial charge in [-0.25, -0.2) is 13.4 Å². The monoisotopic (exact) mass is 432 g/mol. The van der Waals surface area contributed by atoms with Crippen LogP contribution in [-0.4, -0.2) is 25.6 Å². The molecular formula is C20H17ClN2O3S2. The Morgan fingerprint density at radius 2 is 1.93 bits per heavy atom. The van der Waals surface area contributed by atoms with E-state index < -0.39 is 15.7 Å². The molecule has 1 N–H and O–H groups in total. The van der Waals surface area contributed by atoms with Gasteiger partial charge in [-0.05, 0) is 54.7 Å². The van der Waals surface area contributed by atoms with Gasteiger partial charge in [0.15, 0.2) is 15.0 Å². The molecule has 0 saturated carbocycles. The number of halogens is 1. The van der Waals surface area contributed by atoms with E-state index in [2.05, 4.69) is 28.5 Å². The Morgan fingerprint density at radius 1 is 1.14 bits per heavy atom. The van der Waals surface area contributed by atoms with E-state index in [-0.39, 0.29) is 15.5 Å². The molecular weight excluding hydrogens is 416 g/mol. The lowest BCUT2D eigenvalue weighted by molar-refractivity contribution is 0.102. The molecule has 2 aromatic carbocycles. The van der Waals surface area contributed by atoms with E-state index in [0.29, 0.717) is 5.13 Å². The van der Waals surface area contributed by atoms with Crippen molar-refractivity contribution in [3.63, 3.8) is 0 Å². The van der Waals surface area contributed by atoms with Crippen LogP contribution in [-0.2, 0) is 22.7 Å². The number of carbonyl (C=O) groups excluding carboxylic acids is 1. The smallest absolute Gasteiger partial charge is 0.259 e. The number of fused-ring (bicyclic) bond motifs is 1. The number of hydrogen-bond donors (Lipinski definition) is 1. The Kier molecular flexibility index (Phi) is 4.99. The van der Waals surface area contributed by atoms with Crippen LogP contribution in [0.3, 0.4) is 0 Å². The van der Waals surface area contributed by atoms with E-state index in [1.807, 2.05) is 5.38 Å².